The first kappa shape index (κ1) is 16.9. The van der Waals surface area contributed by atoms with Crippen LogP contribution in [-0.2, 0) is 4.79 Å². The van der Waals surface area contributed by atoms with Crippen LogP contribution in [0, 0.1) is 0 Å². The molecule has 3 N–H and O–H groups in total. The Labute approximate surface area is 146 Å². The standard InChI is InChI=1S/C18H21N5O2/c19-20-12-14-4-6-15(7-5-14)16-2-1-3-17(21-16)23-10-8-22(9-11-23)13-18(24)25/h1-7,12H,8-11,13,19H2,(H,24,25)/b20-12+. The van der Waals surface area contributed by atoms with E-state index in [4.69, 9.17) is 15.9 Å². The Bertz CT molecular complexity index is 752. The molecule has 0 atom stereocenters. The molecule has 1 aromatic carbocycles. The Morgan fingerprint density at radius 1 is 1.16 bits per heavy atom. The van der Waals surface area contributed by atoms with E-state index in [1.807, 2.05) is 47.4 Å². The molecule has 1 fully saturated rings. The number of anilines is 1. The van der Waals surface area contributed by atoms with Gasteiger partial charge in [0, 0.05) is 31.7 Å². The molecule has 7 nitrogen and oxygen atoms in total. The SMILES string of the molecule is N/N=C/c1ccc(-c2cccc(N3CCN(CC(=O)O)CC3)n2)cc1. The van der Waals surface area contributed by atoms with E-state index in [1.54, 1.807) is 6.21 Å². The Kier molecular flexibility index (Phi) is 5.25. The molecule has 0 amide bonds. The van der Waals surface area contributed by atoms with Crippen LogP contribution in [0.15, 0.2) is 47.6 Å². The van der Waals surface area contributed by atoms with Gasteiger partial charge in [0.25, 0.3) is 0 Å². The fourth-order valence-corrected chi connectivity index (χ4v) is 2.91. The third-order valence-electron chi connectivity index (χ3n) is 4.22. The highest BCUT2D eigenvalue weighted by atomic mass is 16.4. The van der Waals surface area contributed by atoms with Crippen LogP contribution < -0.4 is 10.7 Å². The number of carboxylic acids is 1. The van der Waals surface area contributed by atoms with E-state index in [0.29, 0.717) is 0 Å². The lowest BCUT2D eigenvalue weighted by atomic mass is 10.1. The van der Waals surface area contributed by atoms with Gasteiger partial charge in [-0.1, -0.05) is 30.3 Å². The summed E-state index contributed by atoms with van der Waals surface area (Å²) in [6.07, 6.45) is 1.60. The maximum Gasteiger partial charge on any atom is 0.317 e. The monoisotopic (exact) mass is 339 g/mol. The number of piperazine rings is 1. The topological polar surface area (TPSA) is 95.0 Å². The second kappa shape index (κ2) is 7.76. The molecule has 0 bridgehead atoms. The number of aliphatic carboxylic acids is 1. The number of hydrazone groups is 1. The second-order valence-electron chi connectivity index (χ2n) is 5.94. The highest BCUT2D eigenvalue weighted by Crippen LogP contribution is 2.21. The molecular formula is C18H21N5O2. The van der Waals surface area contributed by atoms with E-state index >= 15 is 0 Å². The molecule has 0 radical (unpaired) electrons. The van der Waals surface area contributed by atoms with Gasteiger partial charge in [0.1, 0.15) is 5.82 Å². The van der Waals surface area contributed by atoms with Crippen LogP contribution in [0.1, 0.15) is 5.56 Å². The summed E-state index contributed by atoms with van der Waals surface area (Å²) < 4.78 is 0. The molecule has 25 heavy (non-hydrogen) atoms. The van der Waals surface area contributed by atoms with Gasteiger partial charge in [-0.05, 0) is 17.7 Å². The fraction of sp³-hybridized carbons (Fsp3) is 0.278. The number of hydrogen-bond acceptors (Lipinski definition) is 6. The van der Waals surface area contributed by atoms with Crippen molar-refractivity contribution in [1.82, 2.24) is 9.88 Å². The molecule has 0 unspecified atom stereocenters. The summed E-state index contributed by atoms with van der Waals surface area (Å²) in [6, 6.07) is 13.9. The maximum atomic E-state index is 10.8. The third-order valence-corrected chi connectivity index (χ3v) is 4.22. The third kappa shape index (κ3) is 4.33. The Hall–Kier alpha value is -2.93. The van der Waals surface area contributed by atoms with Gasteiger partial charge in [0.05, 0.1) is 18.5 Å². The molecule has 2 heterocycles. The van der Waals surface area contributed by atoms with E-state index in [0.717, 1.165) is 48.8 Å². The normalized spacial score (nSPS) is 15.6. The number of nitrogens with two attached hydrogens (primary N) is 1. The van der Waals surface area contributed by atoms with E-state index in [2.05, 4.69) is 10.0 Å². The number of carboxylic acid groups (broad SMARTS) is 1. The van der Waals surface area contributed by atoms with Crippen LogP contribution in [0.4, 0.5) is 5.82 Å². The van der Waals surface area contributed by atoms with Gasteiger partial charge >= 0.3 is 5.97 Å². The Morgan fingerprint density at radius 3 is 2.52 bits per heavy atom. The summed E-state index contributed by atoms with van der Waals surface area (Å²) in [5.74, 6) is 5.30. The molecule has 0 spiro atoms. The predicted molar refractivity (Wildman–Crippen MR) is 97.7 cm³/mol. The van der Waals surface area contributed by atoms with Gasteiger partial charge in [0.15, 0.2) is 0 Å². The van der Waals surface area contributed by atoms with Gasteiger partial charge in [-0.15, -0.1) is 0 Å². The van der Waals surface area contributed by atoms with Crippen molar-refractivity contribution in [2.45, 2.75) is 0 Å². The van der Waals surface area contributed by atoms with E-state index in [9.17, 15) is 4.79 Å². The zero-order valence-corrected chi connectivity index (χ0v) is 13.9. The lowest BCUT2D eigenvalue weighted by Crippen LogP contribution is -2.48. The van der Waals surface area contributed by atoms with Crippen LogP contribution in [-0.4, -0.2) is 59.9 Å². The molecule has 1 saturated heterocycles. The van der Waals surface area contributed by atoms with Crippen molar-refractivity contribution in [3.05, 3.63) is 48.0 Å². The average Bonchev–Trinajstić information content (AvgIpc) is 2.63. The van der Waals surface area contributed by atoms with Crippen molar-refractivity contribution in [1.29, 1.82) is 0 Å². The molecule has 7 heteroatoms. The summed E-state index contributed by atoms with van der Waals surface area (Å²) in [5, 5.41) is 12.4. The van der Waals surface area contributed by atoms with Gasteiger partial charge in [-0.3, -0.25) is 9.69 Å². The van der Waals surface area contributed by atoms with Gasteiger partial charge in [-0.2, -0.15) is 5.10 Å². The van der Waals surface area contributed by atoms with Crippen LogP contribution in [0.3, 0.4) is 0 Å². The van der Waals surface area contributed by atoms with Crippen LogP contribution in [0.25, 0.3) is 11.3 Å². The highest BCUT2D eigenvalue weighted by Gasteiger charge is 2.19. The van der Waals surface area contributed by atoms with Crippen molar-refractivity contribution >= 4 is 18.0 Å². The zero-order chi connectivity index (χ0) is 17.6. The minimum atomic E-state index is -0.781. The number of hydrogen-bond donors (Lipinski definition) is 2. The van der Waals surface area contributed by atoms with E-state index in [1.165, 1.54) is 0 Å². The summed E-state index contributed by atoms with van der Waals surface area (Å²) >= 11 is 0. The van der Waals surface area contributed by atoms with Crippen molar-refractivity contribution in [2.24, 2.45) is 10.9 Å². The molecule has 2 aromatic rings. The molecule has 0 aliphatic carbocycles. The zero-order valence-electron chi connectivity index (χ0n) is 13.9. The molecular weight excluding hydrogens is 318 g/mol. The smallest absolute Gasteiger partial charge is 0.317 e. The van der Waals surface area contributed by atoms with Gasteiger partial charge in [-0.25, -0.2) is 4.98 Å². The first-order valence-corrected chi connectivity index (χ1v) is 8.15. The fourth-order valence-electron chi connectivity index (χ4n) is 2.91. The van der Waals surface area contributed by atoms with Gasteiger partial charge in [0.2, 0.25) is 0 Å². The summed E-state index contributed by atoms with van der Waals surface area (Å²) in [6.45, 7) is 3.10. The largest absolute Gasteiger partial charge is 0.480 e. The summed E-state index contributed by atoms with van der Waals surface area (Å²) in [5.41, 5.74) is 2.87. The quantitative estimate of drug-likeness (QED) is 0.484. The van der Waals surface area contributed by atoms with Gasteiger partial charge < -0.3 is 15.8 Å². The molecule has 130 valence electrons. The molecule has 1 aliphatic heterocycles. The minimum Gasteiger partial charge on any atom is -0.480 e. The lowest BCUT2D eigenvalue weighted by Gasteiger charge is -2.34. The van der Waals surface area contributed by atoms with Crippen LogP contribution in [0.5, 0.6) is 0 Å². The Balaban J connectivity index is 1.70. The van der Waals surface area contributed by atoms with Crippen molar-refractivity contribution in [2.75, 3.05) is 37.6 Å². The molecule has 1 aromatic heterocycles. The Morgan fingerprint density at radius 2 is 1.88 bits per heavy atom. The first-order chi connectivity index (χ1) is 12.2. The second-order valence-corrected chi connectivity index (χ2v) is 5.94. The lowest BCUT2D eigenvalue weighted by molar-refractivity contribution is -0.138. The number of pyridine rings is 1. The number of carbonyl (C=O) groups is 1. The highest BCUT2D eigenvalue weighted by molar-refractivity contribution is 5.80. The summed E-state index contributed by atoms with van der Waals surface area (Å²) in [7, 11) is 0. The number of rotatable bonds is 5. The van der Waals surface area contributed by atoms with Crippen molar-refractivity contribution in [3.63, 3.8) is 0 Å². The first-order valence-electron chi connectivity index (χ1n) is 8.15. The maximum absolute atomic E-state index is 10.8. The van der Waals surface area contributed by atoms with Crippen molar-refractivity contribution in [3.8, 4) is 11.3 Å². The minimum absolute atomic E-state index is 0.0970. The number of aromatic nitrogens is 1. The average molecular weight is 339 g/mol. The van der Waals surface area contributed by atoms with Crippen molar-refractivity contribution < 1.29 is 9.90 Å². The van der Waals surface area contributed by atoms with E-state index < -0.39 is 5.97 Å². The van der Waals surface area contributed by atoms with Crippen LogP contribution in [0.2, 0.25) is 0 Å². The summed E-state index contributed by atoms with van der Waals surface area (Å²) in [4.78, 5) is 19.7. The molecule has 3 rings (SSSR count). The molecule has 0 saturated carbocycles. The number of benzene rings is 1. The van der Waals surface area contributed by atoms with E-state index in [-0.39, 0.29) is 6.54 Å². The van der Waals surface area contributed by atoms with Crippen LogP contribution >= 0.6 is 0 Å². The molecule has 1 aliphatic rings. The predicted octanol–water partition coefficient (Wildman–Crippen LogP) is 1.25. The number of nitrogens with zero attached hydrogens (tertiary/aromatic N) is 4.